The second-order valence-corrected chi connectivity index (χ2v) is 5.31. The fourth-order valence-electron chi connectivity index (χ4n) is 0.905. The SMILES string of the molecule is C=CCP(=O)(/C=C\C)CC=C. The van der Waals surface area contributed by atoms with Crippen LogP contribution in [0.5, 0.6) is 0 Å². The van der Waals surface area contributed by atoms with Crippen LogP contribution in [0, 0.1) is 0 Å². The standard InChI is InChI=1S/C9H15OP/c1-4-7-11(10,8-5-2)9-6-3/h4-6,9H,1-2,7-8H2,3H3/b9-6-. The first kappa shape index (κ1) is 10.4. The summed E-state index contributed by atoms with van der Waals surface area (Å²) in [5.41, 5.74) is 0. The van der Waals surface area contributed by atoms with Crippen LogP contribution in [0.2, 0.25) is 0 Å². The minimum absolute atomic E-state index is 0.573. The Morgan fingerprint density at radius 2 is 1.73 bits per heavy atom. The van der Waals surface area contributed by atoms with E-state index in [1.807, 2.05) is 13.0 Å². The molecule has 0 bridgehead atoms. The van der Waals surface area contributed by atoms with E-state index in [0.29, 0.717) is 12.3 Å². The molecule has 0 aliphatic heterocycles. The third-order valence-electron chi connectivity index (χ3n) is 1.30. The van der Waals surface area contributed by atoms with Gasteiger partial charge in [0.15, 0.2) is 0 Å². The van der Waals surface area contributed by atoms with Crippen molar-refractivity contribution in [3.05, 3.63) is 37.2 Å². The Morgan fingerprint density at radius 1 is 1.27 bits per heavy atom. The Kier molecular flexibility index (Phi) is 4.89. The van der Waals surface area contributed by atoms with Gasteiger partial charge < -0.3 is 4.57 Å². The van der Waals surface area contributed by atoms with Gasteiger partial charge in [-0.25, -0.2) is 0 Å². The molecular formula is C9H15OP. The van der Waals surface area contributed by atoms with Gasteiger partial charge in [0.05, 0.1) is 0 Å². The maximum absolute atomic E-state index is 11.8. The number of allylic oxidation sites excluding steroid dienone is 3. The predicted octanol–water partition coefficient (Wildman–Crippen LogP) is 3.26. The van der Waals surface area contributed by atoms with E-state index in [9.17, 15) is 4.57 Å². The number of hydrogen-bond acceptors (Lipinski definition) is 1. The van der Waals surface area contributed by atoms with Crippen molar-refractivity contribution >= 4 is 7.14 Å². The summed E-state index contributed by atoms with van der Waals surface area (Å²) in [4.78, 5) is 0. The van der Waals surface area contributed by atoms with Crippen LogP contribution in [-0.4, -0.2) is 12.3 Å². The van der Waals surface area contributed by atoms with Crippen molar-refractivity contribution in [3.8, 4) is 0 Å². The quantitative estimate of drug-likeness (QED) is 0.457. The van der Waals surface area contributed by atoms with E-state index >= 15 is 0 Å². The Balaban J connectivity index is 4.36. The molecule has 0 spiro atoms. The summed E-state index contributed by atoms with van der Waals surface area (Å²) in [7, 11) is -2.14. The first-order valence-corrected chi connectivity index (χ1v) is 5.76. The molecule has 0 heterocycles. The van der Waals surface area contributed by atoms with Crippen LogP contribution in [0.4, 0.5) is 0 Å². The molecule has 0 radical (unpaired) electrons. The Bertz CT molecular complexity index is 190. The van der Waals surface area contributed by atoms with Gasteiger partial charge in [-0.15, -0.1) is 13.2 Å². The second kappa shape index (κ2) is 5.15. The molecule has 62 valence electrons. The van der Waals surface area contributed by atoms with E-state index in [1.54, 1.807) is 18.0 Å². The molecule has 0 amide bonds. The molecule has 0 rings (SSSR count). The molecule has 1 nitrogen and oxygen atoms in total. The smallest absolute Gasteiger partial charge is 0.115 e. The van der Waals surface area contributed by atoms with Crippen molar-refractivity contribution < 1.29 is 4.57 Å². The molecule has 0 aromatic carbocycles. The lowest BCUT2D eigenvalue weighted by molar-refractivity contribution is 0.584. The summed E-state index contributed by atoms with van der Waals surface area (Å²) >= 11 is 0. The van der Waals surface area contributed by atoms with E-state index in [1.165, 1.54) is 0 Å². The normalized spacial score (nSPS) is 11.7. The topological polar surface area (TPSA) is 17.1 Å². The number of hydrogen-bond donors (Lipinski definition) is 0. The maximum Gasteiger partial charge on any atom is 0.115 e. The van der Waals surface area contributed by atoms with Crippen LogP contribution >= 0.6 is 7.14 Å². The third-order valence-corrected chi connectivity index (χ3v) is 3.89. The lowest BCUT2D eigenvalue weighted by atomic mass is 10.7. The lowest BCUT2D eigenvalue weighted by Crippen LogP contribution is -1.86. The molecule has 11 heavy (non-hydrogen) atoms. The van der Waals surface area contributed by atoms with Crippen molar-refractivity contribution in [3.63, 3.8) is 0 Å². The highest BCUT2D eigenvalue weighted by Crippen LogP contribution is 2.46. The molecular weight excluding hydrogens is 155 g/mol. The molecule has 0 unspecified atom stereocenters. The van der Waals surface area contributed by atoms with Gasteiger partial charge in [0.2, 0.25) is 0 Å². The summed E-state index contributed by atoms with van der Waals surface area (Å²) in [6.45, 7) is 9.01. The first-order chi connectivity index (χ1) is 5.18. The highest BCUT2D eigenvalue weighted by atomic mass is 31.2. The van der Waals surface area contributed by atoms with Gasteiger partial charge in [0.1, 0.15) is 7.14 Å². The van der Waals surface area contributed by atoms with Gasteiger partial charge in [0.25, 0.3) is 0 Å². The molecule has 0 N–H and O–H groups in total. The van der Waals surface area contributed by atoms with E-state index in [0.717, 1.165) is 0 Å². The average molecular weight is 170 g/mol. The summed E-state index contributed by atoms with van der Waals surface area (Å²) in [6.07, 6.45) is 6.37. The van der Waals surface area contributed by atoms with Gasteiger partial charge in [-0.05, 0) is 12.7 Å². The monoisotopic (exact) mass is 170 g/mol. The van der Waals surface area contributed by atoms with Crippen LogP contribution in [-0.2, 0) is 4.57 Å². The van der Waals surface area contributed by atoms with Crippen LogP contribution in [0.25, 0.3) is 0 Å². The average Bonchev–Trinajstić information content (AvgIpc) is 1.88. The van der Waals surface area contributed by atoms with Gasteiger partial charge in [-0.2, -0.15) is 0 Å². The van der Waals surface area contributed by atoms with Crippen LogP contribution in [0.3, 0.4) is 0 Å². The van der Waals surface area contributed by atoms with Gasteiger partial charge in [0, 0.05) is 12.3 Å². The summed E-state index contributed by atoms with van der Waals surface area (Å²) in [6, 6.07) is 0. The maximum atomic E-state index is 11.8. The minimum Gasteiger partial charge on any atom is -0.319 e. The fraction of sp³-hybridized carbons (Fsp3) is 0.333. The number of rotatable bonds is 5. The second-order valence-electron chi connectivity index (χ2n) is 2.38. The van der Waals surface area contributed by atoms with Crippen molar-refractivity contribution in [2.75, 3.05) is 12.3 Å². The molecule has 0 atom stereocenters. The van der Waals surface area contributed by atoms with Crippen molar-refractivity contribution in [2.45, 2.75) is 6.92 Å². The Morgan fingerprint density at radius 3 is 2.00 bits per heavy atom. The summed E-state index contributed by atoms with van der Waals surface area (Å²) in [5, 5.41) is 0. The molecule has 0 saturated carbocycles. The minimum atomic E-state index is -2.14. The molecule has 0 aromatic heterocycles. The largest absolute Gasteiger partial charge is 0.319 e. The van der Waals surface area contributed by atoms with Gasteiger partial charge >= 0.3 is 0 Å². The van der Waals surface area contributed by atoms with Crippen molar-refractivity contribution in [1.82, 2.24) is 0 Å². The molecule has 2 heteroatoms. The van der Waals surface area contributed by atoms with E-state index in [-0.39, 0.29) is 0 Å². The fourth-order valence-corrected chi connectivity index (χ4v) is 2.71. The zero-order chi connectivity index (χ0) is 8.74. The molecule has 0 aliphatic carbocycles. The zero-order valence-corrected chi connectivity index (χ0v) is 7.89. The molecule has 0 fully saturated rings. The van der Waals surface area contributed by atoms with Crippen LogP contribution < -0.4 is 0 Å². The Labute approximate surface area is 68.9 Å². The van der Waals surface area contributed by atoms with Gasteiger partial charge in [-0.3, -0.25) is 0 Å². The van der Waals surface area contributed by atoms with E-state index in [2.05, 4.69) is 13.2 Å². The molecule has 0 aliphatic rings. The van der Waals surface area contributed by atoms with E-state index in [4.69, 9.17) is 0 Å². The summed E-state index contributed by atoms with van der Waals surface area (Å²) < 4.78 is 11.8. The molecule has 0 aromatic rings. The lowest BCUT2D eigenvalue weighted by Gasteiger charge is -2.07. The van der Waals surface area contributed by atoms with Crippen molar-refractivity contribution in [1.29, 1.82) is 0 Å². The highest BCUT2D eigenvalue weighted by Gasteiger charge is 2.12. The van der Waals surface area contributed by atoms with Gasteiger partial charge in [-0.1, -0.05) is 18.2 Å². The van der Waals surface area contributed by atoms with E-state index < -0.39 is 7.14 Å². The predicted molar refractivity (Wildman–Crippen MR) is 52.5 cm³/mol. The summed E-state index contributed by atoms with van der Waals surface area (Å²) in [5.74, 6) is 1.77. The Hall–Kier alpha value is -0.550. The van der Waals surface area contributed by atoms with Crippen LogP contribution in [0.15, 0.2) is 37.2 Å². The molecule has 0 saturated heterocycles. The van der Waals surface area contributed by atoms with Crippen LogP contribution in [0.1, 0.15) is 6.92 Å². The first-order valence-electron chi connectivity index (χ1n) is 3.62. The van der Waals surface area contributed by atoms with Crippen molar-refractivity contribution in [2.24, 2.45) is 0 Å². The highest BCUT2D eigenvalue weighted by molar-refractivity contribution is 7.67. The third kappa shape index (κ3) is 4.00. The zero-order valence-electron chi connectivity index (χ0n) is 6.99.